The van der Waals surface area contributed by atoms with Crippen LogP contribution in [0.4, 0.5) is 0 Å². The van der Waals surface area contributed by atoms with Gasteiger partial charge < -0.3 is 10.8 Å². The van der Waals surface area contributed by atoms with Crippen molar-refractivity contribution in [1.29, 1.82) is 0 Å². The summed E-state index contributed by atoms with van der Waals surface area (Å²) in [6, 6.07) is 0. The molecule has 0 rings (SSSR count). The van der Waals surface area contributed by atoms with E-state index < -0.39 is 0 Å². The van der Waals surface area contributed by atoms with Crippen LogP contribution in [0.25, 0.3) is 0 Å². The van der Waals surface area contributed by atoms with E-state index in [4.69, 9.17) is 5.73 Å². The first-order valence-corrected chi connectivity index (χ1v) is 7.57. The Morgan fingerprint density at radius 2 is 1.61 bits per heavy atom. The Kier molecular flexibility index (Phi) is 11.2. The minimum atomic E-state index is -0.240. The Labute approximate surface area is 112 Å². The van der Waals surface area contributed by atoms with Crippen LogP contribution in [0.15, 0.2) is 0 Å². The van der Waals surface area contributed by atoms with Crippen molar-refractivity contribution in [2.24, 2.45) is 17.6 Å². The lowest BCUT2D eigenvalue weighted by Gasteiger charge is -2.22. The van der Waals surface area contributed by atoms with Gasteiger partial charge in [0.05, 0.1) is 0 Å². The molecular formula is C15H31NO2. The smallest absolute Gasteiger partial charge is 0.220 e. The number of hydrogen-bond donors (Lipinski definition) is 2. The van der Waals surface area contributed by atoms with Crippen molar-refractivity contribution in [2.75, 3.05) is 6.61 Å². The molecule has 0 bridgehead atoms. The van der Waals surface area contributed by atoms with Crippen molar-refractivity contribution < 1.29 is 9.90 Å². The summed E-state index contributed by atoms with van der Waals surface area (Å²) in [4.78, 5) is 11.5. The highest BCUT2D eigenvalue weighted by molar-refractivity contribution is 5.76. The Bertz CT molecular complexity index is 207. The fraction of sp³-hybridized carbons (Fsp3) is 0.933. The number of amides is 1. The van der Waals surface area contributed by atoms with Crippen molar-refractivity contribution in [2.45, 2.75) is 71.6 Å². The summed E-state index contributed by atoms with van der Waals surface area (Å²) >= 11 is 0. The topological polar surface area (TPSA) is 63.3 Å². The number of aliphatic hydroxyl groups excluding tert-OH is 1. The number of carbonyl (C=O) groups excluding carboxylic acids is 1. The molecule has 2 unspecified atom stereocenters. The van der Waals surface area contributed by atoms with Crippen LogP contribution in [-0.4, -0.2) is 17.6 Å². The highest BCUT2D eigenvalue weighted by atomic mass is 16.3. The largest absolute Gasteiger partial charge is 0.396 e. The molecule has 108 valence electrons. The molecule has 3 N–H and O–H groups in total. The van der Waals surface area contributed by atoms with Crippen molar-refractivity contribution in [3.05, 3.63) is 0 Å². The molecule has 0 aliphatic rings. The number of aliphatic hydroxyl groups is 1. The van der Waals surface area contributed by atoms with Crippen LogP contribution in [0.2, 0.25) is 0 Å². The fourth-order valence-electron chi connectivity index (χ4n) is 2.55. The van der Waals surface area contributed by atoms with Gasteiger partial charge in [-0.3, -0.25) is 4.79 Å². The maximum absolute atomic E-state index is 11.5. The molecule has 0 heterocycles. The summed E-state index contributed by atoms with van der Waals surface area (Å²) in [5, 5.41) is 9.34. The van der Waals surface area contributed by atoms with E-state index in [-0.39, 0.29) is 24.3 Å². The molecule has 3 heteroatoms. The van der Waals surface area contributed by atoms with Crippen LogP contribution in [0, 0.1) is 11.8 Å². The molecule has 0 aromatic carbocycles. The second-order valence-corrected chi connectivity index (χ2v) is 5.30. The third-order valence-corrected chi connectivity index (χ3v) is 3.70. The van der Waals surface area contributed by atoms with Crippen LogP contribution in [-0.2, 0) is 4.79 Å². The van der Waals surface area contributed by atoms with E-state index in [0.29, 0.717) is 0 Å². The second-order valence-electron chi connectivity index (χ2n) is 5.30. The standard InChI is InChI=1S/C15H31NO2/c1-3-5-6-7-8-9-11-14(15(16)18)13(12-17)10-4-2/h13-14,17H,3-12H2,1-2H3,(H2,16,18). The van der Waals surface area contributed by atoms with E-state index in [1.165, 1.54) is 32.1 Å². The summed E-state index contributed by atoms with van der Waals surface area (Å²) in [6.07, 6.45) is 10.0. The van der Waals surface area contributed by atoms with Gasteiger partial charge in [0.1, 0.15) is 0 Å². The highest BCUT2D eigenvalue weighted by Crippen LogP contribution is 2.23. The SMILES string of the molecule is CCCCCCCCC(C(N)=O)C(CO)CCC. The Hall–Kier alpha value is -0.570. The van der Waals surface area contributed by atoms with E-state index in [9.17, 15) is 9.90 Å². The minimum Gasteiger partial charge on any atom is -0.396 e. The van der Waals surface area contributed by atoms with Crippen molar-refractivity contribution in [1.82, 2.24) is 0 Å². The number of unbranched alkanes of at least 4 members (excludes halogenated alkanes) is 5. The van der Waals surface area contributed by atoms with E-state index >= 15 is 0 Å². The molecule has 0 saturated heterocycles. The molecule has 3 nitrogen and oxygen atoms in total. The molecule has 0 radical (unpaired) electrons. The van der Waals surface area contributed by atoms with E-state index in [0.717, 1.165) is 25.7 Å². The minimum absolute atomic E-state index is 0.0585. The van der Waals surface area contributed by atoms with Crippen molar-refractivity contribution in [3.8, 4) is 0 Å². The molecule has 0 aliphatic heterocycles. The molecule has 0 saturated carbocycles. The van der Waals surface area contributed by atoms with Gasteiger partial charge in [-0.25, -0.2) is 0 Å². The average molecular weight is 257 g/mol. The monoisotopic (exact) mass is 257 g/mol. The lowest BCUT2D eigenvalue weighted by atomic mass is 9.84. The first-order chi connectivity index (χ1) is 8.67. The molecule has 0 aliphatic carbocycles. The van der Waals surface area contributed by atoms with Crippen LogP contribution >= 0.6 is 0 Å². The third kappa shape index (κ3) is 7.70. The lowest BCUT2D eigenvalue weighted by Crippen LogP contribution is -2.32. The molecule has 0 aromatic heterocycles. The fourth-order valence-corrected chi connectivity index (χ4v) is 2.55. The number of nitrogens with two attached hydrogens (primary N) is 1. The molecule has 1 amide bonds. The second kappa shape index (κ2) is 11.5. The quantitative estimate of drug-likeness (QED) is 0.527. The molecule has 0 spiro atoms. The van der Waals surface area contributed by atoms with Gasteiger partial charge in [-0.15, -0.1) is 0 Å². The van der Waals surface area contributed by atoms with Gasteiger partial charge in [0.15, 0.2) is 0 Å². The molecular weight excluding hydrogens is 226 g/mol. The van der Waals surface area contributed by atoms with Gasteiger partial charge in [-0.1, -0.05) is 58.8 Å². The van der Waals surface area contributed by atoms with Crippen LogP contribution in [0.3, 0.4) is 0 Å². The van der Waals surface area contributed by atoms with Gasteiger partial charge in [0.2, 0.25) is 5.91 Å². The first-order valence-electron chi connectivity index (χ1n) is 7.57. The van der Waals surface area contributed by atoms with Gasteiger partial charge in [-0.2, -0.15) is 0 Å². The van der Waals surface area contributed by atoms with Crippen LogP contribution < -0.4 is 5.73 Å². The average Bonchev–Trinajstić information content (AvgIpc) is 2.35. The zero-order valence-electron chi connectivity index (χ0n) is 12.2. The predicted molar refractivity (Wildman–Crippen MR) is 76.2 cm³/mol. The molecule has 0 aromatic rings. The molecule has 18 heavy (non-hydrogen) atoms. The van der Waals surface area contributed by atoms with Crippen molar-refractivity contribution in [3.63, 3.8) is 0 Å². The van der Waals surface area contributed by atoms with Crippen LogP contribution in [0.5, 0.6) is 0 Å². The summed E-state index contributed by atoms with van der Waals surface area (Å²) in [5.74, 6) is -0.319. The van der Waals surface area contributed by atoms with Gasteiger partial charge in [0.25, 0.3) is 0 Å². The summed E-state index contributed by atoms with van der Waals surface area (Å²) in [6.45, 7) is 4.36. The van der Waals surface area contributed by atoms with E-state index in [2.05, 4.69) is 13.8 Å². The molecule has 0 fully saturated rings. The number of primary amides is 1. The summed E-state index contributed by atoms with van der Waals surface area (Å²) in [7, 11) is 0. The van der Waals surface area contributed by atoms with Gasteiger partial charge >= 0.3 is 0 Å². The highest BCUT2D eigenvalue weighted by Gasteiger charge is 2.24. The van der Waals surface area contributed by atoms with Crippen LogP contribution in [0.1, 0.15) is 71.6 Å². The Balaban J connectivity index is 3.92. The number of hydrogen-bond acceptors (Lipinski definition) is 2. The number of carbonyl (C=O) groups is 1. The summed E-state index contributed by atoms with van der Waals surface area (Å²) < 4.78 is 0. The zero-order valence-corrected chi connectivity index (χ0v) is 12.2. The molecule has 2 atom stereocenters. The Morgan fingerprint density at radius 3 is 2.11 bits per heavy atom. The predicted octanol–water partition coefficient (Wildman–Crippen LogP) is 3.25. The maximum atomic E-state index is 11.5. The van der Waals surface area contributed by atoms with E-state index in [1.54, 1.807) is 0 Å². The zero-order chi connectivity index (χ0) is 13.8. The third-order valence-electron chi connectivity index (χ3n) is 3.70. The van der Waals surface area contributed by atoms with Gasteiger partial charge in [0, 0.05) is 12.5 Å². The maximum Gasteiger partial charge on any atom is 0.220 e. The Morgan fingerprint density at radius 1 is 1.00 bits per heavy atom. The summed E-state index contributed by atoms with van der Waals surface area (Å²) in [5.41, 5.74) is 5.46. The first kappa shape index (κ1) is 17.4. The van der Waals surface area contributed by atoms with Crippen molar-refractivity contribution >= 4 is 5.91 Å². The van der Waals surface area contributed by atoms with E-state index in [1.807, 2.05) is 0 Å². The lowest BCUT2D eigenvalue weighted by molar-refractivity contribution is -0.124. The van der Waals surface area contributed by atoms with Gasteiger partial charge in [-0.05, 0) is 18.8 Å². The normalized spacial score (nSPS) is 14.4. The number of rotatable bonds is 12.